The van der Waals surface area contributed by atoms with Crippen LogP contribution >= 0.6 is 0 Å². The smallest absolute Gasteiger partial charge is 0.243 e. The minimum atomic E-state index is -3.52. The molecule has 0 radical (unpaired) electrons. The number of hydrogen-bond donors (Lipinski definition) is 1. The van der Waals surface area contributed by atoms with E-state index < -0.39 is 10.0 Å². The van der Waals surface area contributed by atoms with Gasteiger partial charge in [0.1, 0.15) is 0 Å². The van der Waals surface area contributed by atoms with Gasteiger partial charge >= 0.3 is 0 Å². The Kier molecular flexibility index (Phi) is 7.42. The highest BCUT2D eigenvalue weighted by Crippen LogP contribution is 2.18. The Labute approximate surface area is 173 Å². The SMILES string of the molecule is Cc1ccc(S(=O)(=O)N2CCN(CC(=O)N(C)CC(=O)NC(C)(C)C)CC2)cc1. The summed E-state index contributed by atoms with van der Waals surface area (Å²) in [7, 11) is -1.92. The molecular formula is C20H32N4O4S. The van der Waals surface area contributed by atoms with E-state index in [0.717, 1.165) is 5.56 Å². The maximum atomic E-state index is 12.8. The highest BCUT2D eigenvalue weighted by Gasteiger charge is 2.29. The number of amides is 2. The number of nitrogens with zero attached hydrogens (tertiary/aromatic N) is 3. The number of sulfonamides is 1. The van der Waals surface area contributed by atoms with Gasteiger partial charge in [-0.05, 0) is 39.8 Å². The lowest BCUT2D eigenvalue weighted by Crippen LogP contribution is -2.52. The molecule has 0 atom stereocenters. The average Bonchev–Trinajstić information content (AvgIpc) is 2.60. The van der Waals surface area contributed by atoms with E-state index in [0.29, 0.717) is 26.2 Å². The number of carbonyl (C=O) groups is 2. The fourth-order valence-corrected chi connectivity index (χ4v) is 4.48. The maximum absolute atomic E-state index is 12.8. The molecule has 162 valence electrons. The number of nitrogens with one attached hydrogen (secondary N) is 1. The van der Waals surface area contributed by atoms with E-state index in [-0.39, 0.29) is 35.3 Å². The van der Waals surface area contributed by atoms with Crippen LogP contribution in [-0.2, 0) is 19.6 Å². The molecule has 1 aromatic carbocycles. The van der Waals surface area contributed by atoms with Crippen molar-refractivity contribution in [3.05, 3.63) is 29.8 Å². The van der Waals surface area contributed by atoms with Gasteiger partial charge < -0.3 is 10.2 Å². The number of likely N-dealkylation sites (N-methyl/N-ethyl adjacent to an activating group) is 1. The van der Waals surface area contributed by atoms with Gasteiger partial charge in [-0.3, -0.25) is 14.5 Å². The van der Waals surface area contributed by atoms with E-state index in [4.69, 9.17) is 0 Å². The van der Waals surface area contributed by atoms with Gasteiger partial charge in [-0.15, -0.1) is 0 Å². The van der Waals surface area contributed by atoms with E-state index >= 15 is 0 Å². The molecule has 0 spiro atoms. The number of rotatable bonds is 6. The summed E-state index contributed by atoms with van der Waals surface area (Å²) in [5, 5.41) is 2.83. The standard InChI is InChI=1S/C20H32N4O4S/c1-16-6-8-17(9-7-16)29(27,28)24-12-10-23(11-13-24)15-19(26)22(5)14-18(25)21-20(2,3)4/h6-9H,10-15H2,1-5H3,(H,21,25). The summed E-state index contributed by atoms with van der Waals surface area (Å²) < 4.78 is 27.0. The fourth-order valence-electron chi connectivity index (χ4n) is 3.06. The monoisotopic (exact) mass is 424 g/mol. The summed E-state index contributed by atoms with van der Waals surface area (Å²) in [6, 6.07) is 6.82. The molecule has 0 bridgehead atoms. The van der Waals surface area contributed by atoms with E-state index in [9.17, 15) is 18.0 Å². The van der Waals surface area contributed by atoms with Crippen molar-refractivity contribution in [3.63, 3.8) is 0 Å². The van der Waals surface area contributed by atoms with Gasteiger partial charge in [0.05, 0.1) is 18.0 Å². The topological polar surface area (TPSA) is 90.0 Å². The second kappa shape index (κ2) is 9.23. The first kappa shape index (κ1) is 23.3. The molecule has 1 aliphatic rings. The Balaban J connectivity index is 1.85. The third-order valence-electron chi connectivity index (χ3n) is 4.67. The molecular weight excluding hydrogens is 392 g/mol. The van der Waals surface area contributed by atoms with E-state index in [1.54, 1.807) is 31.3 Å². The van der Waals surface area contributed by atoms with E-state index in [1.165, 1.54) is 9.21 Å². The Bertz CT molecular complexity index is 823. The zero-order valence-electron chi connectivity index (χ0n) is 17.9. The summed E-state index contributed by atoms with van der Waals surface area (Å²) in [6.45, 7) is 9.34. The first-order chi connectivity index (χ1) is 13.4. The largest absolute Gasteiger partial charge is 0.350 e. The van der Waals surface area contributed by atoms with Crippen molar-refractivity contribution in [2.45, 2.75) is 38.1 Å². The van der Waals surface area contributed by atoms with Crippen LogP contribution in [0, 0.1) is 6.92 Å². The van der Waals surface area contributed by atoms with Gasteiger partial charge in [0.25, 0.3) is 0 Å². The lowest BCUT2D eigenvalue weighted by molar-refractivity contribution is -0.136. The lowest BCUT2D eigenvalue weighted by Gasteiger charge is -2.34. The summed E-state index contributed by atoms with van der Waals surface area (Å²) >= 11 is 0. The minimum Gasteiger partial charge on any atom is -0.350 e. The van der Waals surface area contributed by atoms with E-state index in [1.807, 2.05) is 32.6 Å². The molecule has 1 N–H and O–H groups in total. The highest BCUT2D eigenvalue weighted by molar-refractivity contribution is 7.89. The van der Waals surface area contributed by atoms with Gasteiger partial charge in [-0.25, -0.2) is 8.42 Å². The van der Waals surface area contributed by atoms with Gasteiger partial charge in [-0.2, -0.15) is 4.31 Å². The average molecular weight is 425 g/mol. The number of carbonyl (C=O) groups excluding carboxylic acids is 2. The van der Waals surface area contributed by atoms with Crippen LogP contribution in [0.1, 0.15) is 26.3 Å². The summed E-state index contributed by atoms with van der Waals surface area (Å²) in [5.74, 6) is -0.369. The number of hydrogen-bond acceptors (Lipinski definition) is 5. The number of aryl methyl sites for hydroxylation is 1. The van der Waals surface area contributed by atoms with Crippen molar-refractivity contribution < 1.29 is 18.0 Å². The van der Waals surface area contributed by atoms with Crippen LogP contribution in [0.4, 0.5) is 0 Å². The molecule has 1 saturated heterocycles. The Morgan fingerprint density at radius 2 is 1.62 bits per heavy atom. The molecule has 2 amide bonds. The first-order valence-electron chi connectivity index (χ1n) is 9.72. The Hall–Kier alpha value is -1.97. The molecule has 1 heterocycles. The van der Waals surface area contributed by atoms with Crippen LogP contribution in [0.3, 0.4) is 0 Å². The molecule has 1 aromatic rings. The van der Waals surface area contributed by atoms with Crippen molar-refractivity contribution >= 4 is 21.8 Å². The molecule has 0 unspecified atom stereocenters. The molecule has 1 aliphatic heterocycles. The van der Waals surface area contributed by atoms with Crippen LogP contribution in [-0.4, -0.2) is 86.2 Å². The Morgan fingerprint density at radius 3 is 2.14 bits per heavy atom. The summed E-state index contributed by atoms with van der Waals surface area (Å²) in [6.07, 6.45) is 0. The minimum absolute atomic E-state index is 0.00211. The van der Waals surface area contributed by atoms with Crippen LogP contribution < -0.4 is 5.32 Å². The van der Waals surface area contributed by atoms with Gasteiger partial charge in [-0.1, -0.05) is 17.7 Å². The van der Waals surface area contributed by atoms with Gasteiger partial charge in [0.2, 0.25) is 21.8 Å². The normalized spacial score (nSPS) is 16.4. The summed E-state index contributed by atoms with van der Waals surface area (Å²) in [4.78, 5) is 28.0. The third kappa shape index (κ3) is 6.80. The maximum Gasteiger partial charge on any atom is 0.243 e. The van der Waals surface area contributed by atoms with Crippen molar-refractivity contribution in [2.24, 2.45) is 0 Å². The second-order valence-electron chi connectivity index (χ2n) is 8.54. The molecule has 29 heavy (non-hydrogen) atoms. The third-order valence-corrected chi connectivity index (χ3v) is 6.58. The van der Waals surface area contributed by atoms with Crippen LogP contribution in [0.5, 0.6) is 0 Å². The molecule has 8 nitrogen and oxygen atoms in total. The van der Waals surface area contributed by atoms with Crippen LogP contribution in [0.2, 0.25) is 0 Å². The highest BCUT2D eigenvalue weighted by atomic mass is 32.2. The Morgan fingerprint density at radius 1 is 1.07 bits per heavy atom. The number of piperazine rings is 1. The zero-order chi connectivity index (χ0) is 21.8. The van der Waals surface area contributed by atoms with E-state index in [2.05, 4.69) is 5.32 Å². The predicted octanol–water partition coefficient (Wildman–Crippen LogP) is 0.674. The van der Waals surface area contributed by atoms with Crippen molar-refractivity contribution in [2.75, 3.05) is 46.3 Å². The molecule has 0 saturated carbocycles. The van der Waals surface area contributed by atoms with Crippen molar-refractivity contribution in [3.8, 4) is 0 Å². The summed E-state index contributed by atoms with van der Waals surface area (Å²) in [5.41, 5.74) is 0.660. The first-order valence-corrected chi connectivity index (χ1v) is 11.2. The number of benzene rings is 1. The van der Waals surface area contributed by atoms with Crippen LogP contribution in [0.25, 0.3) is 0 Å². The van der Waals surface area contributed by atoms with Gasteiger partial charge in [0, 0.05) is 38.8 Å². The second-order valence-corrected chi connectivity index (χ2v) is 10.5. The quantitative estimate of drug-likeness (QED) is 0.725. The predicted molar refractivity (Wildman–Crippen MR) is 112 cm³/mol. The van der Waals surface area contributed by atoms with Crippen molar-refractivity contribution in [1.82, 2.24) is 19.4 Å². The van der Waals surface area contributed by atoms with Gasteiger partial charge in [0.15, 0.2) is 0 Å². The molecule has 0 aliphatic carbocycles. The fraction of sp³-hybridized carbons (Fsp3) is 0.600. The molecule has 2 rings (SSSR count). The molecule has 0 aromatic heterocycles. The molecule has 1 fully saturated rings. The lowest BCUT2D eigenvalue weighted by atomic mass is 10.1. The van der Waals surface area contributed by atoms with Crippen molar-refractivity contribution in [1.29, 1.82) is 0 Å². The molecule has 9 heteroatoms. The zero-order valence-corrected chi connectivity index (χ0v) is 18.8. The van der Waals surface area contributed by atoms with Crippen LogP contribution in [0.15, 0.2) is 29.2 Å².